The molecule has 0 saturated heterocycles. The zero-order chi connectivity index (χ0) is 22.8. The highest BCUT2D eigenvalue weighted by Crippen LogP contribution is 2.27. The van der Waals surface area contributed by atoms with Crippen molar-refractivity contribution in [2.75, 3.05) is 10.6 Å². The Kier molecular flexibility index (Phi) is 5.50. The molecule has 4 rings (SSSR count). The third-order valence-corrected chi connectivity index (χ3v) is 4.40. The van der Waals surface area contributed by atoms with Gasteiger partial charge in [-0.25, -0.2) is 27.3 Å². The van der Waals surface area contributed by atoms with Crippen LogP contribution in [0.25, 0.3) is 11.0 Å². The third-order valence-electron chi connectivity index (χ3n) is 4.40. The Bertz CT molecular complexity index is 1380. The van der Waals surface area contributed by atoms with Crippen LogP contribution in [0.15, 0.2) is 60.8 Å². The fraction of sp³-hybridized carbons (Fsp3) is 0. The predicted octanol–water partition coefficient (Wildman–Crippen LogP) is 5.06. The molecule has 0 aliphatic carbocycles. The van der Waals surface area contributed by atoms with Gasteiger partial charge in [0.1, 0.15) is 17.1 Å². The molecular formula is C22H12F4N4O2. The molecular weight excluding hydrogens is 428 g/mol. The number of carbonyl (C=O) groups is 2. The first-order chi connectivity index (χ1) is 15.3. The molecule has 4 aromatic rings. The molecule has 2 aromatic carbocycles. The van der Waals surface area contributed by atoms with E-state index in [-0.39, 0.29) is 11.4 Å². The standard InChI is InChI=1S/C22H12F4N4O2/c23-11-3-1-4-12(9-11)28-22(32)30-17-10-13(24)19(25)18(20(17)26)21(31)16-7-6-14-15(29-16)5-2-8-27-14/h1-10H,(H2,28,30,32). The van der Waals surface area contributed by atoms with E-state index >= 15 is 0 Å². The molecule has 2 aromatic heterocycles. The number of anilines is 2. The summed E-state index contributed by atoms with van der Waals surface area (Å²) in [7, 11) is 0. The van der Waals surface area contributed by atoms with E-state index in [4.69, 9.17) is 0 Å². The lowest BCUT2D eigenvalue weighted by molar-refractivity contribution is 0.102. The summed E-state index contributed by atoms with van der Waals surface area (Å²) >= 11 is 0. The summed E-state index contributed by atoms with van der Waals surface area (Å²) in [5, 5.41) is 4.20. The van der Waals surface area contributed by atoms with Crippen LogP contribution in [0.5, 0.6) is 0 Å². The van der Waals surface area contributed by atoms with Gasteiger partial charge in [0, 0.05) is 18.0 Å². The van der Waals surface area contributed by atoms with Gasteiger partial charge >= 0.3 is 6.03 Å². The summed E-state index contributed by atoms with van der Waals surface area (Å²) in [6.07, 6.45) is 1.50. The smallest absolute Gasteiger partial charge is 0.308 e. The molecule has 2 heterocycles. The first kappa shape index (κ1) is 20.9. The first-order valence-electron chi connectivity index (χ1n) is 9.11. The van der Waals surface area contributed by atoms with E-state index in [1.54, 1.807) is 12.1 Å². The van der Waals surface area contributed by atoms with Crippen LogP contribution in [-0.2, 0) is 0 Å². The Balaban J connectivity index is 1.66. The van der Waals surface area contributed by atoms with Gasteiger partial charge in [-0.3, -0.25) is 9.78 Å². The number of nitrogens with one attached hydrogen (secondary N) is 2. The average molecular weight is 440 g/mol. The summed E-state index contributed by atoms with van der Waals surface area (Å²) in [4.78, 5) is 32.9. The number of fused-ring (bicyclic) bond motifs is 1. The number of rotatable bonds is 4. The Morgan fingerprint density at radius 3 is 2.41 bits per heavy atom. The van der Waals surface area contributed by atoms with Gasteiger partial charge in [-0.15, -0.1) is 0 Å². The van der Waals surface area contributed by atoms with E-state index < -0.39 is 46.3 Å². The number of hydrogen-bond donors (Lipinski definition) is 2. The summed E-state index contributed by atoms with van der Waals surface area (Å²) < 4.78 is 56.7. The van der Waals surface area contributed by atoms with Gasteiger partial charge in [0.2, 0.25) is 5.78 Å². The second kappa shape index (κ2) is 8.42. The maximum absolute atomic E-state index is 15.0. The molecule has 2 amide bonds. The van der Waals surface area contributed by atoms with Crippen molar-refractivity contribution in [2.45, 2.75) is 0 Å². The van der Waals surface area contributed by atoms with Crippen molar-refractivity contribution in [2.24, 2.45) is 0 Å². The third kappa shape index (κ3) is 4.10. The Morgan fingerprint density at radius 2 is 1.62 bits per heavy atom. The number of benzene rings is 2. The molecule has 0 saturated carbocycles. The number of nitrogens with zero attached hydrogens (tertiary/aromatic N) is 2. The lowest BCUT2D eigenvalue weighted by atomic mass is 10.0. The number of carbonyl (C=O) groups excluding carboxylic acids is 2. The minimum Gasteiger partial charge on any atom is -0.308 e. The molecule has 0 bridgehead atoms. The number of urea groups is 1. The quantitative estimate of drug-likeness (QED) is 0.264. The van der Waals surface area contributed by atoms with E-state index in [9.17, 15) is 27.2 Å². The normalized spacial score (nSPS) is 10.8. The van der Waals surface area contributed by atoms with E-state index in [0.717, 1.165) is 12.1 Å². The molecule has 0 aliphatic heterocycles. The largest absolute Gasteiger partial charge is 0.323 e. The van der Waals surface area contributed by atoms with E-state index in [0.29, 0.717) is 17.1 Å². The maximum atomic E-state index is 15.0. The van der Waals surface area contributed by atoms with Crippen molar-refractivity contribution in [3.8, 4) is 0 Å². The van der Waals surface area contributed by atoms with Gasteiger partial charge < -0.3 is 10.6 Å². The lowest BCUT2D eigenvalue weighted by Gasteiger charge is -2.12. The van der Waals surface area contributed by atoms with Crippen molar-refractivity contribution >= 4 is 34.2 Å². The summed E-state index contributed by atoms with van der Waals surface area (Å²) in [5.74, 6) is -6.63. The molecule has 2 N–H and O–H groups in total. The van der Waals surface area contributed by atoms with Gasteiger partial charge in [0.15, 0.2) is 17.5 Å². The molecule has 0 aliphatic rings. The van der Waals surface area contributed by atoms with E-state index in [2.05, 4.69) is 15.3 Å². The molecule has 6 nitrogen and oxygen atoms in total. The van der Waals surface area contributed by atoms with Crippen LogP contribution in [0, 0.1) is 23.3 Å². The van der Waals surface area contributed by atoms with Gasteiger partial charge in [0.25, 0.3) is 0 Å². The van der Waals surface area contributed by atoms with Crippen LogP contribution < -0.4 is 10.6 Å². The fourth-order valence-electron chi connectivity index (χ4n) is 2.96. The second-order valence-electron chi connectivity index (χ2n) is 6.57. The number of halogens is 4. The Hall–Kier alpha value is -4.34. The number of ketones is 1. The van der Waals surface area contributed by atoms with Gasteiger partial charge in [-0.05, 0) is 42.5 Å². The number of pyridine rings is 2. The van der Waals surface area contributed by atoms with Crippen LogP contribution in [0.4, 0.5) is 33.7 Å². The van der Waals surface area contributed by atoms with Gasteiger partial charge in [-0.2, -0.15) is 0 Å². The van der Waals surface area contributed by atoms with Crippen LogP contribution >= 0.6 is 0 Å². The molecule has 0 atom stereocenters. The van der Waals surface area contributed by atoms with Gasteiger partial charge in [0.05, 0.1) is 16.7 Å². The lowest BCUT2D eigenvalue weighted by Crippen LogP contribution is -2.22. The Labute approximate surface area is 177 Å². The summed E-state index contributed by atoms with van der Waals surface area (Å²) in [5.41, 5.74) is -1.57. The molecule has 10 heteroatoms. The highest BCUT2D eigenvalue weighted by Gasteiger charge is 2.27. The highest BCUT2D eigenvalue weighted by atomic mass is 19.2. The zero-order valence-corrected chi connectivity index (χ0v) is 16.0. The number of amides is 2. The molecule has 0 fully saturated rings. The zero-order valence-electron chi connectivity index (χ0n) is 16.0. The van der Waals surface area contributed by atoms with E-state index in [1.165, 1.54) is 30.5 Å². The van der Waals surface area contributed by atoms with Crippen molar-refractivity contribution in [3.63, 3.8) is 0 Å². The SMILES string of the molecule is O=C(Nc1cccc(F)c1)Nc1cc(F)c(F)c(C(=O)c2ccc3ncccc3n2)c1F. The van der Waals surface area contributed by atoms with Crippen molar-refractivity contribution in [1.29, 1.82) is 0 Å². The average Bonchev–Trinajstić information content (AvgIpc) is 2.77. The highest BCUT2D eigenvalue weighted by molar-refractivity contribution is 6.10. The van der Waals surface area contributed by atoms with Crippen LogP contribution in [-0.4, -0.2) is 21.8 Å². The molecule has 160 valence electrons. The first-order valence-corrected chi connectivity index (χ1v) is 9.11. The van der Waals surface area contributed by atoms with Crippen LogP contribution in [0.3, 0.4) is 0 Å². The van der Waals surface area contributed by atoms with Crippen molar-refractivity contribution in [1.82, 2.24) is 9.97 Å². The fourth-order valence-corrected chi connectivity index (χ4v) is 2.96. The molecule has 32 heavy (non-hydrogen) atoms. The molecule has 0 radical (unpaired) electrons. The molecule has 0 unspecified atom stereocenters. The molecule has 0 spiro atoms. The minimum atomic E-state index is -1.73. The van der Waals surface area contributed by atoms with Crippen LogP contribution in [0.1, 0.15) is 16.1 Å². The Morgan fingerprint density at radius 1 is 0.812 bits per heavy atom. The summed E-state index contributed by atoms with van der Waals surface area (Å²) in [6, 6.07) is 9.89. The predicted molar refractivity (Wildman–Crippen MR) is 108 cm³/mol. The topological polar surface area (TPSA) is 84.0 Å². The van der Waals surface area contributed by atoms with Gasteiger partial charge in [-0.1, -0.05) is 6.07 Å². The number of hydrogen-bond acceptors (Lipinski definition) is 4. The summed E-state index contributed by atoms with van der Waals surface area (Å²) in [6.45, 7) is 0. The van der Waals surface area contributed by atoms with Crippen LogP contribution in [0.2, 0.25) is 0 Å². The second-order valence-corrected chi connectivity index (χ2v) is 6.57. The minimum absolute atomic E-state index is 0.0377. The number of aromatic nitrogens is 2. The monoisotopic (exact) mass is 440 g/mol. The van der Waals surface area contributed by atoms with E-state index in [1.807, 2.05) is 5.32 Å². The van der Waals surface area contributed by atoms with Crippen molar-refractivity contribution in [3.05, 3.63) is 95.3 Å². The van der Waals surface area contributed by atoms with Crippen molar-refractivity contribution < 1.29 is 27.2 Å². The maximum Gasteiger partial charge on any atom is 0.323 e.